The van der Waals surface area contributed by atoms with Crippen molar-refractivity contribution in [2.45, 2.75) is 6.18 Å². The topological polar surface area (TPSA) is 61.7 Å². The van der Waals surface area contributed by atoms with Crippen LogP contribution in [0.4, 0.5) is 18.9 Å². The van der Waals surface area contributed by atoms with Crippen LogP contribution in [0.2, 0.25) is 0 Å². The average molecular weight is 308 g/mol. The second-order valence-electron chi connectivity index (χ2n) is 4.38. The number of hydrazone groups is 1. The molecule has 4 nitrogen and oxygen atoms in total. The molecule has 2 aromatic carbocycles. The summed E-state index contributed by atoms with van der Waals surface area (Å²) in [7, 11) is 0. The number of rotatable bonds is 4. The first-order valence-corrected chi connectivity index (χ1v) is 6.16. The van der Waals surface area contributed by atoms with E-state index in [1.807, 2.05) is 0 Å². The van der Waals surface area contributed by atoms with E-state index in [4.69, 9.17) is 5.11 Å². The minimum absolute atomic E-state index is 0.142. The number of alkyl halides is 3. The molecular formula is C15H11F3N2O2. The van der Waals surface area contributed by atoms with Gasteiger partial charge in [0.05, 0.1) is 23.0 Å². The first-order chi connectivity index (χ1) is 10.4. The van der Waals surface area contributed by atoms with Crippen LogP contribution >= 0.6 is 0 Å². The Kier molecular flexibility index (Phi) is 4.45. The van der Waals surface area contributed by atoms with Gasteiger partial charge in [0.1, 0.15) is 0 Å². The molecule has 7 heteroatoms. The van der Waals surface area contributed by atoms with Crippen molar-refractivity contribution in [1.29, 1.82) is 0 Å². The zero-order valence-corrected chi connectivity index (χ0v) is 11.1. The van der Waals surface area contributed by atoms with Crippen molar-refractivity contribution in [2.75, 3.05) is 5.43 Å². The molecular weight excluding hydrogens is 297 g/mol. The SMILES string of the molecule is O=C(O)c1ccc(/C=N\Nc2cccc(C(F)(F)F)c2)cc1. The molecule has 0 fully saturated rings. The fourth-order valence-corrected chi connectivity index (χ4v) is 1.66. The molecule has 0 saturated heterocycles. The van der Waals surface area contributed by atoms with Crippen molar-refractivity contribution in [3.05, 3.63) is 65.2 Å². The Morgan fingerprint density at radius 3 is 2.41 bits per heavy atom. The van der Waals surface area contributed by atoms with Crippen molar-refractivity contribution in [1.82, 2.24) is 0 Å². The summed E-state index contributed by atoms with van der Waals surface area (Å²) in [6, 6.07) is 10.6. The minimum atomic E-state index is -4.41. The zero-order valence-electron chi connectivity index (χ0n) is 11.1. The van der Waals surface area contributed by atoms with E-state index in [0.717, 1.165) is 12.1 Å². The van der Waals surface area contributed by atoms with Gasteiger partial charge in [-0.3, -0.25) is 5.43 Å². The molecule has 0 atom stereocenters. The molecule has 114 valence electrons. The summed E-state index contributed by atoms with van der Waals surface area (Å²) in [5, 5.41) is 12.6. The number of aromatic carboxylic acids is 1. The number of anilines is 1. The van der Waals surface area contributed by atoms with E-state index in [1.54, 1.807) is 12.1 Å². The van der Waals surface area contributed by atoms with Gasteiger partial charge in [-0.25, -0.2) is 4.79 Å². The smallest absolute Gasteiger partial charge is 0.416 e. The number of nitrogens with one attached hydrogen (secondary N) is 1. The fourth-order valence-electron chi connectivity index (χ4n) is 1.66. The Morgan fingerprint density at radius 1 is 1.14 bits per heavy atom. The fraction of sp³-hybridized carbons (Fsp3) is 0.0667. The van der Waals surface area contributed by atoms with E-state index in [0.29, 0.717) is 5.56 Å². The Balaban J connectivity index is 2.05. The number of benzene rings is 2. The number of hydrogen-bond acceptors (Lipinski definition) is 3. The lowest BCUT2D eigenvalue weighted by Crippen LogP contribution is -2.05. The van der Waals surface area contributed by atoms with Crippen molar-refractivity contribution in [3.63, 3.8) is 0 Å². The molecule has 2 N–H and O–H groups in total. The third kappa shape index (κ3) is 4.08. The van der Waals surface area contributed by atoms with Crippen LogP contribution in [0.1, 0.15) is 21.5 Å². The summed E-state index contributed by atoms with van der Waals surface area (Å²) in [4.78, 5) is 10.7. The summed E-state index contributed by atoms with van der Waals surface area (Å²) in [6.07, 6.45) is -3.03. The van der Waals surface area contributed by atoms with Gasteiger partial charge in [-0.1, -0.05) is 18.2 Å². The van der Waals surface area contributed by atoms with Gasteiger partial charge >= 0.3 is 12.1 Å². The summed E-state index contributed by atoms with van der Waals surface area (Å²) >= 11 is 0. The molecule has 0 bridgehead atoms. The van der Waals surface area contributed by atoms with Crippen molar-refractivity contribution in [2.24, 2.45) is 5.10 Å². The van der Waals surface area contributed by atoms with Gasteiger partial charge < -0.3 is 5.11 Å². The standard InChI is InChI=1S/C15H11F3N2O2/c16-15(17,18)12-2-1-3-13(8-12)20-19-9-10-4-6-11(7-5-10)14(21)22/h1-9,20H,(H,21,22)/b19-9-. The van der Waals surface area contributed by atoms with Gasteiger partial charge in [-0.2, -0.15) is 18.3 Å². The van der Waals surface area contributed by atoms with E-state index in [9.17, 15) is 18.0 Å². The molecule has 22 heavy (non-hydrogen) atoms. The Bertz CT molecular complexity index is 695. The maximum Gasteiger partial charge on any atom is 0.416 e. The van der Waals surface area contributed by atoms with Crippen LogP contribution in [0, 0.1) is 0 Å². The highest BCUT2D eigenvalue weighted by atomic mass is 19.4. The maximum atomic E-state index is 12.5. The third-order valence-electron chi connectivity index (χ3n) is 2.75. The van der Waals surface area contributed by atoms with Crippen LogP contribution in [-0.2, 0) is 6.18 Å². The predicted octanol–water partition coefficient (Wildman–Crippen LogP) is 3.85. The van der Waals surface area contributed by atoms with Crippen molar-refractivity contribution in [3.8, 4) is 0 Å². The van der Waals surface area contributed by atoms with E-state index < -0.39 is 17.7 Å². The van der Waals surface area contributed by atoms with Crippen molar-refractivity contribution >= 4 is 17.9 Å². The van der Waals surface area contributed by atoms with Gasteiger partial charge in [-0.15, -0.1) is 0 Å². The molecule has 0 amide bonds. The summed E-state index contributed by atoms with van der Waals surface area (Å²) in [5.41, 5.74) is 2.69. The molecule has 0 spiro atoms. The van der Waals surface area contributed by atoms with E-state index >= 15 is 0 Å². The zero-order chi connectivity index (χ0) is 16.2. The Labute approximate surface area is 123 Å². The largest absolute Gasteiger partial charge is 0.478 e. The lowest BCUT2D eigenvalue weighted by Gasteiger charge is -2.08. The first-order valence-electron chi connectivity index (χ1n) is 6.16. The van der Waals surface area contributed by atoms with Crippen LogP contribution < -0.4 is 5.43 Å². The number of halogens is 3. The molecule has 0 radical (unpaired) electrons. The van der Waals surface area contributed by atoms with Crippen LogP contribution in [-0.4, -0.2) is 17.3 Å². The minimum Gasteiger partial charge on any atom is -0.478 e. The Morgan fingerprint density at radius 2 is 1.82 bits per heavy atom. The highest BCUT2D eigenvalue weighted by molar-refractivity contribution is 5.89. The lowest BCUT2D eigenvalue weighted by molar-refractivity contribution is -0.137. The summed E-state index contributed by atoms with van der Waals surface area (Å²) < 4.78 is 37.6. The molecule has 0 aliphatic rings. The molecule has 0 heterocycles. The van der Waals surface area contributed by atoms with Crippen LogP contribution in [0.15, 0.2) is 53.6 Å². The van der Waals surface area contributed by atoms with Crippen LogP contribution in [0.5, 0.6) is 0 Å². The highest BCUT2D eigenvalue weighted by Gasteiger charge is 2.30. The maximum absolute atomic E-state index is 12.5. The van der Waals surface area contributed by atoms with E-state index in [-0.39, 0.29) is 11.3 Å². The monoisotopic (exact) mass is 308 g/mol. The van der Waals surface area contributed by atoms with Gasteiger partial charge in [-0.05, 0) is 35.9 Å². The van der Waals surface area contributed by atoms with Crippen LogP contribution in [0.25, 0.3) is 0 Å². The number of hydrogen-bond donors (Lipinski definition) is 2. The quantitative estimate of drug-likeness (QED) is 0.666. The first kappa shape index (κ1) is 15.6. The van der Waals surface area contributed by atoms with Gasteiger partial charge in [0.15, 0.2) is 0 Å². The second-order valence-corrected chi connectivity index (χ2v) is 4.38. The van der Waals surface area contributed by atoms with Gasteiger partial charge in [0, 0.05) is 0 Å². The van der Waals surface area contributed by atoms with Gasteiger partial charge in [0.2, 0.25) is 0 Å². The number of carboxylic acids is 1. The average Bonchev–Trinajstić information content (AvgIpc) is 2.47. The number of carboxylic acid groups (broad SMARTS) is 1. The van der Waals surface area contributed by atoms with Crippen LogP contribution in [0.3, 0.4) is 0 Å². The highest BCUT2D eigenvalue weighted by Crippen LogP contribution is 2.30. The Hall–Kier alpha value is -2.83. The second kappa shape index (κ2) is 6.30. The molecule has 2 rings (SSSR count). The van der Waals surface area contributed by atoms with Gasteiger partial charge in [0.25, 0.3) is 0 Å². The third-order valence-corrected chi connectivity index (χ3v) is 2.75. The molecule has 0 unspecified atom stereocenters. The predicted molar refractivity (Wildman–Crippen MR) is 76.1 cm³/mol. The summed E-state index contributed by atoms with van der Waals surface area (Å²) in [6.45, 7) is 0. The summed E-state index contributed by atoms with van der Waals surface area (Å²) in [5.74, 6) is -1.04. The molecule has 0 aliphatic heterocycles. The number of carbonyl (C=O) groups is 1. The van der Waals surface area contributed by atoms with E-state index in [2.05, 4.69) is 10.5 Å². The molecule has 0 saturated carbocycles. The molecule has 2 aromatic rings. The van der Waals surface area contributed by atoms with E-state index in [1.165, 1.54) is 30.5 Å². The lowest BCUT2D eigenvalue weighted by atomic mass is 10.1. The van der Waals surface area contributed by atoms with Crippen molar-refractivity contribution < 1.29 is 23.1 Å². The molecule has 0 aliphatic carbocycles. The number of nitrogens with zero attached hydrogens (tertiary/aromatic N) is 1. The molecule has 0 aromatic heterocycles. The normalized spacial score (nSPS) is 11.6.